The number of ether oxygens (including phenoxy) is 2. The number of hydrogen-bond acceptors (Lipinski definition) is 6. The van der Waals surface area contributed by atoms with Crippen LogP contribution in [0.4, 0.5) is 5.13 Å². The molecule has 3 aromatic heterocycles. The molecular formula is C20H16N4O3S. The number of imidazole rings is 1. The number of carbonyl (C=O) groups is 1. The van der Waals surface area contributed by atoms with Crippen LogP contribution in [0.5, 0.6) is 11.5 Å². The minimum atomic E-state index is -0.147. The van der Waals surface area contributed by atoms with Crippen LogP contribution in [0, 0.1) is 0 Å². The van der Waals surface area contributed by atoms with Crippen LogP contribution in [0.2, 0.25) is 0 Å². The minimum absolute atomic E-state index is 0.147. The van der Waals surface area contributed by atoms with E-state index in [2.05, 4.69) is 15.3 Å². The molecule has 1 N–H and O–H groups in total. The Morgan fingerprint density at radius 2 is 2.04 bits per heavy atom. The number of fused-ring (bicyclic) bond motifs is 2. The van der Waals surface area contributed by atoms with Crippen LogP contribution in [-0.2, 0) is 11.2 Å². The fraction of sp³-hybridized carbons (Fsp3) is 0.150. The van der Waals surface area contributed by atoms with Crippen molar-refractivity contribution in [2.45, 2.75) is 6.42 Å². The van der Waals surface area contributed by atoms with Crippen molar-refractivity contribution in [2.75, 3.05) is 18.5 Å². The summed E-state index contributed by atoms with van der Waals surface area (Å²) >= 11 is 1.38. The van der Waals surface area contributed by atoms with Gasteiger partial charge in [-0.2, -0.15) is 0 Å². The Balaban J connectivity index is 1.29. The van der Waals surface area contributed by atoms with E-state index >= 15 is 0 Å². The summed E-state index contributed by atoms with van der Waals surface area (Å²) in [5, 5.41) is 5.31. The molecule has 0 saturated heterocycles. The number of amides is 1. The number of rotatable bonds is 4. The second-order valence-electron chi connectivity index (χ2n) is 6.32. The van der Waals surface area contributed by atoms with Gasteiger partial charge < -0.3 is 19.2 Å². The van der Waals surface area contributed by atoms with E-state index in [1.165, 1.54) is 11.3 Å². The molecule has 0 aliphatic carbocycles. The lowest BCUT2D eigenvalue weighted by atomic mass is 10.1. The van der Waals surface area contributed by atoms with Gasteiger partial charge in [-0.05, 0) is 30.3 Å². The third-order valence-corrected chi connectivity index (χ3v) is 5.10. The van der Waals surface area contributed by atoms with E-state index < -0.39 is 0 Å². The molecule has 1 aromatic carbocycles. The first-order valence-electron chi connectivity index (χ1n) is 8.83. The largest absolute Gasteiger partial charge is 0.486 e. The lowest BCUT2D eigenvalue weighted by Crippen LogP contribution is -2.15. The molecule has 0 saturated carbocycles. The van der Waals surface area contributed by atoms with Gasteiger partial charge in [-0.3, -0.25) is 4.79 Å². The van der Waals surface area contributed by atoms with Crippen LogP contribution in [0.3, 0.4) is 0 Å². The smallest absolute Gasteiger partial charge is 0.232 e. The number of nitrogens with zero attached hydrogens (tertiary/aromatic N) is 3. The van der Waals surface area contributed by atoms with E-state index in [-0.39, 0.29) is 12.3 Å². The lowest BCUT2D eigenvalue weighted by Gasteiger charge is -2.18. The summed E-state index contributed by atoms with van der Waals surface area (Å²) in [4.78, 5) is 21.3. The second kappa shape index (κ2) is 6.97. The van der Waals surface area contributed by atoms with E-state index in [1.54, 1.807) is 0 Å². The Kier molecular flexibility index (Phi) is 4.17. The fourth-order valence-corrected chi connectivity index (χ4v) is 3.80. The van der Waals surface area contributed by atoms with E-state index in [9.17, 15) is 4.79 Å². The van der Waals surface area contributed by atoms with Crippen molar-refractivity contribution in [1.29, 1.82) is 0 Å². The van der Waals surface area contributed by atoms with Gasteiger partial charge in [0.2, 0.25) is 5.91 Å². The zero-order valence-electron chi connectivity index (χ0n) is 14.8. The average molecular weight is 392 g/mol. The number of benzene rings is 1. The van der Waals surface area contributed by atoms with Crippen molar-refractivity contribution in [3.63, 3.8) is 0 Å². The number of nitrogens with one attached hydrogen (secondary N) is 1. The maximum atomic E-state index is 12.4. The van der Waals surface area contributed by atoms with Crippen LogP contribution in [-0.4, -0.2) is 33.5 Å². The average Bonchev–Trinajstić information content (AvgIpc) is 3.33. The van der Waals surface area contributed by atoms with Crippen LogP contribution in [0.1, 0.15) is 5.69 Å². The number of carbonyl (C=O) groups excluding carboxylic acids is 1. The van der Waals surface area contributed by atoms with Gasteiger partial charge in [-0.15, -0.1) is 11.3 Å². The number of anilines is 1. The van der Waals surface area contributed by atoms with Gasteiger partial charge in [0.05, 0.1) is 17.8 Å². The summed E-state index contributed by atoms with van der Waals surface area (Å²) in [6.45, 7) is 1.10. The molecule has 0 spiro atoms. The van der Waals surface area contributed by atoms with Gasteiger partial charge in [0.1, 0.15) is 18.9 Å². The normalized spacial score (nSPS) is 12.9. The molecule has 4 aromatic rings. The van der Waals surface area contributed by atoms with Crippen molar-refractivity contribution in [2.24, 2.45) is 0 Å². The summed E-state index contributed by atoms with van der Waals surface area (Å²) in [7, 11) is 0. The molecule has 1 aliphatic rings. The Hall–Kier alpha value is -3.39. The Labute approximate surface area is 164 Å². The number of aromatic nitrogens is 3. The fourth-order valence-electron chi connectivity index (χ4n) is 3.07. The van der Waals surface area contributed by atoms with Crippen molar-refractivity contribution in [3.8, 4) is 22.8 Å². The maximum Gasteiger partial charge on any atom is 0.232 e. The molecule has 5 rings (SSSR count). The predicted octanol–water partition coefficient (Wildman–Crippen LogP) is 3.41. The molecule has 1 aliphatic heterocycles. The molecule has 4 heterocycles. The summed E-state index contributed by atoms with van der Waals surface area (Å²) < 4.78 is 13.1. The first-order chi connectivity index (χ1) is 13.7. The minimum Gasteiger partial charge on any atom is -0.486 e. The third-order valence-electron chi connectivity index (χ3n) is 4.34. The number of thiazole rings is 1. The lowest BCUT2D eigenvalue weighted by molar-refractivity contribution is -0.115. The topological polar surface area (TPSA) is 77.8 Å². The van der Waals surface area contributed by atoms with Crippen molar-refractivity contribution >= 4 is 28.0 Å². The van der Waals surface area contributed by atoms with Crippen LogP contribution in [0.25, 0.3) is 16.9 Å². The standard InChI is InChI=1S/C20H16N4O3S/c25-19(10-14-11-24-6-2-1-3-18(24)21-14)23-20-22-15(12-28-20)13-4-5-16-17(9-13)27-8-7-26-16/h1-6,9,11-12H,7-8,10H2,(H,22,23,25). The van der Waals surface area contributed by atoms with Crippen molar-refractivity contribution < 1.29 is 14.3 Å². The van der Waals surface area contributed by atoms with Gasteiger partial charge in [0.25, 0.3) is 0 Å². The molecule has 0 atom stereocenters. The SMILES string of the molecule is O=C(Cc1cn2ccccc2n1)Nc1nc(-c2ccc3c(c2)OCCO3)cs1. The first-order valence-corrected chi connectivity index (χ1v) is 9.70. The van der Waals surface area contributed by atoms with Crippen LogP contribution >= 0.6 is 11.3 Å². The third kappa shape index (κ3) is 3.29. The highest BCUT2D eigenvalue weighted by atomic mass is 32.1. The molecule has 7 nitrogen and oxygen atoms in total. The first kappa shape index (κ1) is 16.8. The molecule has 140 valence electrons. The number of hydrogen-bond donors (Lipinski definition) is 1. The van der Waals surface area contributed by atoms with Gasteiger partial charge in [0.15, 0.2) is 16.6 Å². The Morgan fingerprint density at radius 3 is 2.93 bits per heavy atom. The van der Waals surface area contributed by atoms with E-state index in [0.717, 1.165) is 22.7 Å². The molecule has 0 radical (unpaired) electrons. The Bertz CT molecular complexity index is 1130. The van der Waals surface area contributed by atoms with Crippen LogP contribution in [0.15, 0.2) is 54.2 Å². The quantitative estimate of drug-likeness (QED) is 0.576. The molecular weight excluding hydrogens is 376 g/mol. The van der Waals surface area contributed by atoms with Gasteiger partial charge in [-0.25, -0.2) is 9.97 Å². The van der Waals surface area contributed by atoms with Crippen LogP contribution < -0.4 is 14.8 Å². The summed E-state index contributed by atoms with van der Waals surface area (Å²) in [6.07, 6.45) is 3.96. The van der Waals surface area contributed by atoms with Crippen molar-refractivity contribution in [3.05, 3.63) is 59.9 Å². The summed E-state index contributed by atoms with van der Waals surface area (Å²) in [6, 6.07) is 11.5. The number of pyridine rings is 1. The highest BCUT2D eigenvalue weighted by Crippen LogP contribution is 2.35. The molecule has 28 heavy (non-hydrogen) atoms. The van der Waals surface area contributed by atoms with E-state index in [0.29, 0.717) is 29.8 Å². The molecule has 8 heteroatoms. The Morgan fingerprint density at radius 1 is 1.14 bits per heavy atom. The highest BCUT2D eigenvalue weighted by molar-refractivity contribution is 7.14. The zero-order valence-corrected chi connectivity index (χ0v) is 15.6. The maximum absolute atomic E-state index is 12.4. The van der Waals surface area contributed by atoms with E-state index in [1.807, 2.05) is 58.6 Å². The summed E-state index contributed by atoms with van der Waals surface area (Å²) in [5.41, 5.74) is 3.24. The predicted molar refractivity (Wildman–Crippen MR) is 106 cm³/mol. The van der Waals surface area contributed by atoms with Gasteiger partial charge in [-0.1, -0.05) is 6.07 Å². The van der Waals surface area contributed by atoms with Gasteiger partial charge in [0, 0.05) is 23.3 Å². The molecule has 0 unspecified atom stereocenters. The van der Waals surface area contributed by atoms with Gasteiger partial charge >= 0.3 is 0 Å². The monoisotopic (exact) mass is 392 g/mol. The zero-order chi connectivity index (χ0) is 18.9. The summed E-state index contributed by atoms with van der Waals surface area (Å²) in [5.74, 6) is 1.31. The second-order valence-corrected chi connectivity index (χ2v) is 7.18. The van der Waals surface area contributed by atoms with Crippen molar-refractivity contribution in [1.82, 2.24) is 14.4 Å². The molecule has 0 fully saturated rings. The highest BCUT2D eigenvalue weighted by Gasteiger charge is 2.15. The molecule has 0 bridgehead atoms. The van der Waals surface area contributed by atoms with E-state index in [4.69, 9.17) is 9.47 Å². The molecule has 1 amide bonds.